The van der Waals surface area contributed by atoms with Gasteiger partial charge in [0.2, 0.25) is 0 Å². The minimum Gasteiger partial charge on any atom is -0.394 e. The van der Waals surface area contributed by atoms with Gasteiger partial charge in [0.1, 0.15) is 18.3 Å². The molecule has 0 rings (SSSR count). The lowest BCUT2D eigenvalue weighted by molar-refractivity contribution is 0.0104. The highest BCUT2D eigenvalue weighted by Crippen LogP contribution is 1.81. The molecule has 0 saturated heterocycles. The molecule has 0 aromatic carbocycles. The van der Waals surface area contributed by atoms with Crippen LogP contribution in [0.4, 0.5) is 0 Å². The van der Waals surface area contributed by atoms with Crippen molar-refractivity contribution in [3.63, 3.8) is 0 Å². The van der Waals surface area contributed by atoms with Crippen LogP contribution in [0.5, 0.6) is 0 Å². The number of aliphatic hydroxyl groups is 8. The van der Waals surface area contributed by atoms with Gasteiger partial charge >= 0.3 is 0 Å². The predicted molar refractivity (Wildman–Crippen MR) is 69.9 cm³/mol. The third-order valence-corrected chi connectivity index (χ3v) is 1.57. The van der Waals surface area contributed by atoms with Crippen molar-refractivity contribution in [3.8, 4) is 0 Å². The van der Waals surface area contributed by atoms with E-state index in [0.717, 1.165) is 0 Å². The standard InChI is InChI=1S/C5H12O3.2C3H8O3/c1-2-8-4-5(7)3-6;2*4-1-3(6)2-5/h5-7H,2-4H2,1H3;2*3-6H,1-2H2. The molecule has 0 aromatic heterocycles. The Morgan fingerprint density at radius 2 is 0.950 bits per heavy atom. The second-order valence-corrected chi connectivity index (χ2v) is 3.53. The molecule has 0 spiro atoms. The summed E-state index contributed by atoms with van der Waals surface area (Å²) in [5, 5.41) is 64.9. The number of ether oxygens (including phenoxy) is 1. The molecule has 126 valence electrons. The molecular weight excluding hydrogens is 276 g/mol. The molecule has 0 amide bonds. The van der Waals surface area contributed by atoms with Gasteiger partial charge in [-0.2, -0.15) is 0 Å². The van der Waals surface area contributed by atoms with Crippen molar-refractivity contribution in [3.05, 3.63) is 0 Å². The maximum absolute atomic E-state index is 8.61. The Balaban J connectivity index is -0.000000221. The van der Waals surface area contributed by atoms with E-state index in [1.165, 1.54) is 0 Å². The highest BCUT2D eigenvalue weighted by molar-refractivity contribution is 4.47. The Morgan fingerprint density at radius 1 is 0.650 bits per heavy atom. The van der Waals surface area contributed by atoms with Gasteiger partial charge in [-0.05, 0) is 6.92 Å². The van der Waals surface area contributed by atoms with E-state index in [4.69, 9.17) is 45.6 Å². The average Bonchev–Trinajstić information content (AvgIpc) is 2.51. The molecule has 0 aliphatic carbocycles. The zero-order valence-electron chi connectivity index (χ0n) is 11.7. The summed E-state index contributed by atoms with van der Waals surface area (Å²) < 4.78 is 4.78. The maximum Gasteiger partial charge on any atom is 0.100 e. The van der Waals surface area contributed by atoms with Crippen LogP contribution in [0, 0.1) is 0 Å². The summed E-state index contributed by atoms with van der Waals surface area (Å²) in [6, 6.07) is 0. The molecule has 9 nitrogen and oxygen atoms in total. The molecule has 0 aromatic rings. The summed E-state index contributed by atoms with van der Waals surface area (Å²) in [7, 11) is 0. The van der Waals surface area contributed by atoms with E-state index in [-0.39, 0.29) is 39.6 Å². The van der Waals surface area contributed by atoms with Gasteiger partial charge in [-0.3, -0.25) is 0 Å². The van der Waals surface area contributed by atoms with Gasteiger partial charge in [0, 0.05) is 6.61 Å². The Kier molecular flexibility index (Phi) is 25.8. The van der Waals surface area contributed by atoms with E-state index in [1.807, 2.05) is 6.92 Å². The lowest BCUT2D eigenvalue weighted by Crippen LogP contribution is -2.19. The molecule has 20 heavy (non-hydrogen) atoms. The summed E-state index contributed by atoms with van der Waals surface area (Å²) in [5.41, 5.74) is 0. The predicted octanol–water partition coefficient (Wildman–Crippen LogP) is -3.96. The highest BCUT2D eigenvalue weighted by Gasteiger charge is 1.98. The van der Waals surface area contributed by atoms with Gasteiger partial charge in [-0.1, -0.05) is 0 Å². The molecule has 1 unspecified atom stereocenters. The van der Waals surface area contributed by atoms with Crippen LogP contribution < -0.4 is 0 Å². The van der Waals surface area contributed by atoms with Crippen molar-refractivity contribution < 1.29 is 45.6 Å². The second-order valence-electron chi connectivity index (χ2n) is 3.53. The lowest BCUT2D eigenvalue weighted by Gasteiger charge is -2.04. The Morgan fingerprint density at radius 3 is 1.10 bits per heavy atom. The van der Waals surface area contributed by atoms with Crippen LogP contribution in [0.3, 0.4) is 0 Å². The Bertz CT molecular complexity index is 141. The SMILES string of the molecule is CCOCC(O)CO.OCC(O)CO.OCC(O)CO. The highest BCUT2D eigenvalue weighted by atomic mass is 16.5. The van der Waals surface area contributed by atoms with Gasteiger partial charge in [0.05, 0.1) is 39.6 Å². The second kappa shape index (κ2) is 20.9. The van der Waals surface area contributed by atoms with Crippen molar-refractivity contribution in [1.29, 1.82) is 0 Å². The largest absolute Gasteiger partial charge is 0.394 e. The first-order valence-corrected chi connectivity index (χ1v) is 6.09. The lowest BCUT2D eigenvalue weighted by atomic mass is 10.4. The Hall–Kier alpha value is -0.360. The van der Waals surface area contributed by atoms with Crippen LogP contribution in [0.2, 0.25) is 0 Å². The first-order chi connectivity index (χ1) is 9.42. The number of aliphatic hydroxyl groups excluding tert-OH is 8. The van der Waals surface area contributed by atoms with Crippen LogP contribution in [0.25, 0.3) is 0 Å². The van der Waals surface area contributed by atoms with E-state index < -0.39 is 18.3 Å². The molecular formula is C11H28O9. The van der Waals surface area contributed by atoms with Gasteiger partial charge < -0.3 is 45.6 Å². The molecule has 0 saturated carbocycles. The summed E-state index contributed by atoms with van der Waals surface area (Å²) >= 11 is 0. The number of hydrogen-bond acceptors (Lipinski definition) is 9. The fourth-order valence-corrected chi connectivity index (χ4v) is 0.422. The maximum atomic E-state index is 8.61. The molecule has 0 heterocycles. The topological polar surface area (TPSA) is 171 Å². The third-order valence-electron chi connectivity index (χ3n) is 1.57. The van der Waals surface area contributed by atoms with Crippen LogP contribution in [0.1, 0.15) is 6.92 Å². The molecule has 0 aliphatic rings. The number of hydrogen-bond donors (Lipinski definition) is 8. The third kappa shape index (κ3) is 26.3. The monoisotopic (exact) mass is 304 g/mol. The molecule has 8 N–H and O–H groups in total. The first kappa shape index (κ1) is 24.6. The minimum atomic E-state index is -0.954. The molecule has 9 heteroatoms. The summed E-state index contributed by atoms with van der Waals surface area (Å²) in [5.74, 6) is 0. The fourth-order valence-electron chi connectivity index (χ4n) is 0.422. The minimum absolute atomic E-state index is 0.222. The smallest absolute Gasteiger partial charge is 0.100 e. The van der Waals surface area contributed by atoms with Crippen LogP contribution in [-0.4, -0.2) is 105 Å². The average molecular weight is 304 g/mol. The van der Waals surface area contributed by atoms with Gasteiger partial charge in [-0.25, -0.2) is 0 Å². The van der Waals surface area contributed by atoms with E-state index >= 15 is 0 Å². The van der Waals surface area contributed by atoms with Crippen molar-refractivity contribution in [2.75, 3.05) is 46.2 Å². The summed E-state index contributed by atoms with van der Waals surface area (Å²) in [6.45, 7) is 0.966. The van der Waals surface area contributed by atoms with Crippen LogP contribution >= 0.6 is 0 Å². The van der Waals surface area contributed by atoms with Crippen molar-refractivity contribution in [1.82, 2.24) is 0 Å². The summed E-state index contributed by atoms with van der Waals surface area (Å²) in [4.78, 5) is 0. The van der Waals surface area contributed by atoms with Crippen molar-refractivity contribution >= 4 is 0 Å². The van der Waals surface area contributed by atoms with Gasteiger partial charge in [0.15, 0.2) is 0 Å². The molecule has 0 radical (unpaired) electrons. The number of rotatable bonds is 8. The molecule has 0 fully saturated rings. The van der Waals surface area contributed by atoms with Crippen molar-refractivity contribution in [2.45, 2.75) is 25.2 Å². The van der Waals surface area contributed by atoms with Crippen molar-refractivity contribution in [2.24, 2.45) is 0 Å². The van der Waals surface area contributed by atoms with E-state index in [9.17, 15) is 0 Å². The summed E-state index contributed by atoms with van der Waals surface area (Å²) in [6.07, 6.45) is -2.62. The molecule has 0 aliphatic heterocycles. The van der Waals surface area contributed by atoms with Crippen LogP contribution in [-0.2, 0) is 4.74 Å². The molecule has 0 bridgehead atoms. The first-order valence-electron chi connectivity index (χ1n) is 6.09. The van der Waals surface area contributed by atoms with Crippen LogP contribution in [0.15, 0.2) is 0 Å². The van der Waals surface area contributed by atoms with E-state index in [0.29, 0.717) is 6.61 Å². The zero-order chi connectivity index (χ0) is 16.4. The van der Waals surface area contributed by atoms with E-state index in [1.54, 1.807) is 0 Å². The van der Waals surface area contributed by atoms with Gasteiger partial charge in [-0.15, -0.1) is 0 Å². The molecule has 1 atom stereocenters. The Labute approximate surface area is 118 Å². The van der Waals surface area contributed by atoms with E-state index in [2.05, 4.69) is 0 Å². The fraction of sp³-hybridized carbons (Fsp3) is 1.00. The van der Waals surface area contributed by atoms with Gasteiger partial charge in [0.25, 0.3) is 0 Å². The normalized spacial score (nSPS) is 11.6. The zero-order valence-corrected chi connectivity index (χ0v) is 11.7. The quantitative estimate of drug-likeness (QED) is 0.223.